The van der Waals surface area contributed by atoms with E-state index in [1.807, 2.05) is 6.07 Å². The first-order valence-corrected chi connectivity index (χ1v) is 12.0. The lowest BCUT2D eigenvalue weighted by atomic mass is 10.0. The van der Waals surface area contributed by atoms with Crippen LogP contribution in [-0.4, -0.2) is 13.4 Å². The molecule has 2 N–H and O–H groups in total. The van der Waals surface area contributed by atoms with Crippen LogP contribution in [0.5, 0.6) is 0 Å². The first-order valence-electron chi connectivity index (χ1n) is 9.20. The third kappa shape index (κ3) is 4.43. The van der Waals surface area contributed by atoms with Crippen LogP contribution < -0.4 is 10.0 Å². The van der Waals surface area contributed by atoms with Crippen LogP contribution in [0.15, 0.2) is 46.1 Å². The molecule has 1 aliphatic rings. The number of benzene rings is 2. The molecule has 2 aromatic carbocycles. The van der Waals surface area contributed by atoms with Gasteiger partial charge in [-0.05, 0) is 49.4 Å². The quantitative estimate of drug-likeness (QED) is 0.450. The van der Waals surface area contributed by atoms with Crippen LogP contribution in [0.25, 0.3) is 0 Å². The van der Waals surface area contributed by atoms with E-state index in [-0.39, 0.29) is 22.3 Å². The van der Waals surface area contributed by atoms with Crippen molar-refractivity contribution >= 4 is 44.5 Å². The average Bonchev–Trinajstić information content (AvgIpc) is 3.42. The zero-order valence-electron chi connectivity index (χ0n) is 15.8. The van der Waals surface area contributed by atoms with E-state index >= 15 is 0 Å². The SMILES string of the molecule is CC(Nc1cc(F)c(S(=O)(=O)Nc2cscn2)cc1Cl)c1cc(C2CC2)ccc1F. The summed E-state index contributed by atoms with van der Waals surface area (Å²) in [5.41, 5.74) is 3.14. The van der Waals surface area contributed by atoms with Crippen LogP contribution in [0, 0.1) is 11.6 Å². The highest BCUT2D eigenvalue weighted by Gasteiger charge is 2.26. The number of hydrogen-bond donors (Lipinski definition) is 2. The van der Waals surface area contributed by atoms with E-state index in [0.717, 1.165) is 30.5 Å². The van der Waals surface area contributed by atoms with Crippen molar-refractivity contribution < 1.29 is 17.2 Å². The van der Waals surface area contributed by atoms with Crippen molar-refractivity contribution in [3.8, 4) is 0 Å². The van der Waals surface area contributed by atoms with Crippen molar-refractivity contribution in [2.24, 2.45) is 0 Å². The molecule has 0 spiro atoms. The van der Waals surface area contributed by atoms with Gasteiger partial charge in [-0.1, -0.05) is 23.7 Å². The standard InChI is InChI=1S/C20H18ClF2N3O2S2/c1-11(14-6-13(12-2-3-12)4-5-16(14)22)25-18-8-17(23)19(7-15(18)21)30(27,28)26-20-9-29-10-24-20/h4-12,25-26H,2-3H2,1H3. The Labute approximate surface area is 182 Å². The summed E-state index contributed by atoms with van der Waals surface area (Å²) in [6, 6.07) is 6.55. The molecule has 30 heavy (non-hydrogen) atoms. The lowest BCUT2D eigenvalue weighted by Crippen LogP contribution is -2.16. The molecule has 1 aliphatic carbocycles. The Morgan fingerprint density at radius 2 is 1.97 bits per heavy atom. The Morgan fingerprint density at radius 3 is 2.63 bits per heavy atom. The molecule has 1 atom stereocenters. The minimum atomic E-state index is -4.20. The number of nitrogens with one attached hydrogen (secondary N) is 2. The topological polar surface area (TPSA) is 71.1 Å². The van der Waals surface area contributed by atoms with Crippen molar-refractivity contribution in [3.05, 3.63) is 69.0 Å². The van der Waals surface area contributed by atoms with E-state index in [9.17, 15) is 17.2 Å². The zero-order valence-corrected chi connectivity index (χ0v) is 18.2. The highest BCUT2D eigenvalue weighted by atomic mass is 35.5. The Hall–Kier alpha value is -2.23. The van der Waals surface area contributed by atoms with Gasteiger partial charge >= 0.3 is 0 Å². The van der Waals surface area contributed by atoms with Crippen LogP contribution in [0.2, 0.25) is 5.02 Å². The number of thiazole rings is 1. The molecule has 5 nitrogen and oxygen atoms in total. The minimum Gasteiger partial charge on any atom is -0.377 e. The predicted octanol–water partition coefficient (Wildman–Crippen LogP) is 5.93. The van der Waals surface area contributed by atoms with E-state index in [4.69, 9.17) is 11.6 Å². The summed E-state index contributed by atoms with van der Waals surface area (Å²) in [6.07, 6.45) is 2.18. The third-order valence-electron chi connectivity index (χ3n) is 4.89. The highest BCUT2D eigenvalue weighted by molar-refractivity contribution is 7.92. The van der Waals surface area contributed by atoms with Gasteiger partial charge in [0.25, 0.3) is 10.0 Å². The van der Waals surface area contributed by atoms with Crippen molar-refractivity contribution in [1.82, 2.24) is 4.98 Å². The molecule has 0 radical (unpaired) electrons. The Balaban J connectivity index is 1.58. The molecule has 0 amide bonds. The van der Waals surface area contributed by atoms with Gasteiger partial charge in [0, 0.05) is 10.9 Å². The number of nitrogens with zero attached hydrogens (tertiary/aromatic N) is 1. The van der Waals surface area contributed by atoms with Crippen LogP contribution in [-0.2, 0) is 10.0 Å². The van der Waals surface area contributed by atoms with Crippen LogP contribution in [0.3, 0.4) is 0 Å². The largest absolute Gasteiger partial charge is 0.377 e. The number of halogens is 3. The zero-order chi connectivity index (χ0) is 21.5. The summed E-state index contributed by atoms with van der Waals surface area (Å²) in [5.74, 6) is -0.795. The van der Waals surface area contributed by atoms with E-state index in [0.29, 0.717) is 11.5 Å². The van der Waals surface area contributed by atoms with Gasteiger partial charge < -0.3 is 5.32 Å². The fraction of sp³-hybridized carbons (Fsp3) is 0.250. The molecule has 4 rings (SSSR count). The minimum absolute atomic E-state index is 0.000610. The van der Waals surface area contributed by atoms with Crippen LogP contribution in [0.4, 0.5) is 20.3 Å². The summed E-state index contributed by atoms with van der Waals surface area (Å²) in [6.45, 7) is 1.73. The second-order valence-corrected chi connectivity index (χ2v) is 9.94. The second-order valence-electron chi connectivity index (χ2n) is 7.16. The second kappa shape index (κ2) is 8.13. The number of rotatable bonds is 7. The Kier molecular flexibility index (Phi) is 5.69. The molecule has 1 aromatic heterocycles. The molecule has 0 bridgehead atoms. The van der Waals surface area contributed by atoms with Crippen LogP contribution in [0.1, 0.15) is 42.9 Å². The van der Waals surface area contributed by atoms with Crippen molar-refractivity contribution in [1.29, 1.82) is 0 Å². The molecule has 158 valence electrons. The molecular weight excluding hydrogens is 452 g/mol. The van der Waals surface area contributed by atoms with Crippen LogP contribution >= 0.6 is 22.9 Å². The summed E-state index contributed by atoms with van der Waals surface area (Å²) < 4.78 is 56.1. The first-order chi connectivity index (χ1) is 14.2. The number of aromatic nitrogens is 1. The predicted molar refractivity (Wildman–Crippen MR) is 115 cm³/mol. The number of hydrogen-bond acceptors (Lipinski definition) is 5. The lowest BCUT2D eigenvalue weighted by Gasteiger charge is -2.19. The van der Waals surface area contributed by atoms with Gasteiger partial charge in [0.2, 0.25) is 0 Å². The normalized spacial score (nSPS) is 15.1. The van der Waals surface area contributed by atoms with Crippen molar-refractivity contribution in [2.45, 2.75) is 36.6 Å². The van der Waals surface area contributed by atoms with E-state index in [1.165, 1.54) is 28.3 Å². The van der Waals surface area contributed by atoms with Crippen molar-refractivity contribution in [2.75, 3.05) is 10.0 Å². The smallest absolute Gasteiger partial charge is 0.266 e. The van der Waals surface area contributed by atoms with E-state index in [2.05, 4.69) is 15.0 Å². The molecule has 1 saturated carbocycles. The summed E-state index contributed by atoms with van der Waals surface area (Å²) in [7, 11) is -4.20. The molecule has 10 heteroatoms. The van der Waals surface area contributed by atoms with Gasteiger partial charge in [0.05, 0.1) is 22.3 Å². The summed E-state index contributed by atoms with van der Waals surface area (Å²) in [4.78, 5) is 3.23. The maximum Gasteiger partial charge on any atom is 0.266 e. The number of anilines is 2. The molecule has 1 fully saturated rings. The molecular formula is C20H18ClF2N3O2S2. The van der Waals surface area contributed by atoms with E-state index in [1.54, 1.807) is 13.0 Å². The van der Waals surface area contributed by atoms with Gasteiger partial charge in [0.1, 0.15) is 16.5 Å². The fourth-order valence-electron chi connectivity index (χ4n) is 3.18. The monoisotopic (exact) mass is 469 g/mol. The molecule has 3 aromatic rings. The average molecular weight is 470 g/mol. The van der Waals surface area contributed by atoms with Gasteiger partial charge in [-0.2, -0.15) is 0 Å². The van der Waals surface area contributed by atoms with Gasteiger partial charge in [-0.3, -0.25) is 4.72 Å². The molecule has 1 heterocycles. The summed E-state index contributed by atoms with van der Waals surface area (Å²) in [5, 5.41) is 4.47. The van der Waals surface area contributed by atoms with Gasteiger partial charge in [0.15, 0.2) is 5.82 Å². The Morgan fingerprint density at radius 1 is 1.20 bits per heavy atom. The molecule has 0 saturated heterocycles. The molecule has 1 unspecified atom stereocenters. The molecule has 0 aliphatic heterocycles. The fourth-order valence-corrected chi connectivity index (χ4v) is 5.10. The van der Waals surface area contributed by atoms with Crippen molar-refractivity contribution in [3.63, 3.8) is 0 Å². The van der Waals surface area contributed by atoms with Gasteiger partial charge in [-0.25, -0.2) is 22.2 Å². The summed E-state index contributed by atoms with van der Waals surface area (Å²) >= 11 is 7.42. The van der Waals surface area contributed by atoms with E-state index < -0.39 is 26.8 Å². The van der Waals surface area contributed by atoms with Gasteiger partial charge in [-0.15, -0.1) is 11.3 Å². The highest BCUT2D eigenvalue weighted by Crippen LogP contribution is 2.41. The number of sulfonamides is 1. The maximum atomic E-state index is 14.7. The first kappa shape index (κ1) is 21.0. The third-order valence-corrected chi connectivity index (χ3v) is 7.16. The maximum absolute atomic E-state index is 14.7. The lowest BCUT2D eigenvalue weighted by molar-refractivity contribution is 0.570. The Bertz CT molecular complexity index is 1180.